The Labute approximate surface area is 503 Å². The molecule has 14 rings (SSSR count). The van der Waals surface area contributed by atoms with Gasteiger partial charge in [-0.1, -0.05) is 98.2 Å². The Hall–Kier alpha value is -6.42. The summed E-state index contributed by atoms with van der Waals surface area (Å²) in [6, 6.07) is 9.70. The van der Waals surface area contributed by atoms with Gasteiger partial charge in [0.05, 0.1) is 11.8 Å². The monoisotopic (exact) mass is 1180 g/mol. The van der Waals surface area contributed by atoms with Crippen molar-refractivity contribution in [3.05, 3.63) is 83.2 Å². The summed E-state index contributed by atoms with van der Waals surface area (Å²) in [6.07, 6.45) is 14.9. The van der Waals surface area contributed by atoms with Gasteiger partial charge in [0, 0.05) is 84.3 Å². The summed E-state index contributed by atoms with van der Waals surface area (Å²) in [5, 5.41) is 32.8. The first-order valence-electron chi connectivity index (χ1n) is 31.8. The standard InChI is InChI=1S/2C33H43N5O5/c1-18(2)11-12-25-30(40)37-13-7-10-27(37)33(42)38(25)31(41)32(43-33,19(3)4)35-29(39)21-14-23-22-8-6-9-24-28(22)20(16-34-24)15-26(23)36(5)17-21;1-6-19(4)13-26-30(40)37-12-8-11-27(37)33(42)38(26)31(41)32(43-33,18(2)3)35-29(39)21-14-23-22-9-7-10-24-28(22)20(16-34-24)15-25(23)36(5)17-21/h6,8-9,14,16,18-19,21,25-27,34,42H,7,10-13,15,17H2,1-5H3,(H,35,39);7,9-10,14,16,18-19,21,25-27,34,42H,6,8,11-13,15,17H2,1-5H3,(H,35,39)/t21-,25+,26-,27+,32-,33+;19?,21-,25-,26+,27+,32-,33+/m00/s1. The number of rotatable bonds is 12. The van der Waals surface area contributed by atoms with Crippen molar-refractivity contribution < 1.29 is 48.5 Å². The van der Waals surface area contributed by atoms with Gasteiger partial charge in [0.15, 0.2) is 0 Å². The first kappa shape index (κ1) is 58.6. The van der Waals surface area contributed by atoms with Gasteiger partial charge in [0.25, 0.3) is 23.6 Å². The van der Waals surface area contributed by atoms with Crippen molar-refractivity contribution in [2.45, 2.75) is 179 Å². The molecule has 2 aliphatic carbocycles. The van der Waals surface area contributed by atoms with Crippen LogP contribution in [-0.4, -0.2) is 185 Å². The summed E-state index contributed by atoms with van der Waals surface area (Å²) in [5.41, 5.74) is 5.59. The number of likely N-dealkylation sites (N-methyl/N-ethyl adjacent to an activating group) is 2. The predicted octanol–water partition coefficient (Wildman–Crippen LogP) is 5.64. The average Bonchev–Trinajstić information content (AvgIpc) is 1.59. The number of carbonyl (C=O) groups excluding carboxylic acids is 6. The zero-order valence-electron chi connectivity index (χ0n) is 51.4. The first-order valence-corrected chi connectivity index (χ1v) is 31.8. The van der Waals surface area contributed by atoms with Gasteiger partial charge in [-0.2, -0.15) is 0 Å². The van der Waals surface area contributed by atoms with E-state index in [0.717, 1.165) is 65.4 Å². The van der Waals surface area contributed by atoms with Crippen molar-refractivity contribution >= 4 is 68.4 Å². The Bertz CT molecular complexity index is 3520. The maximum atomic E-state index is 14.5. The highest BCUT2D eigenvalue weighted by atomic mass is 16.7. The second-order valence-corrected chi connectivity index (χ2v) is 27.6. The van der Waals surface area contributed by atoms with Crippen LogP contribution >= 0.6 is 0 Å². The number of fused-ring (bicyclic) bond motifs is 10. The third-order valence-corrected chi connectivity index (χ3v) is 21.3. The zero-order valence-corrected chi connectivity index (χ0v) is 51.4. The van der Waals surface area contributed by atoms with Gasteiger partial charge in [0.2, 0.25) is 35.1 Å². The number of hydrogen-bond acceptors (Lipinski definition) is 12. The molecule has 2 aromatic carbocycles. The Morgan fingerprint density at radius 1 is 0.663 bits per heavy atom. The van der Waals surface area contributed by atoms with Crippen LogP contribution in [0.1, 0.15) is 129 Å². The molecule has 6 amide bonds. The van der Waals surface area contributed by atoms with E-state index in [1.165, 1.54) is 31.7 Å². The summed E-state index contributed by atoms with van der Waals surface area (Å²) in [7, 11) is 4.07. The lowest BCUT2D eigenvalue weighted by atomic mass is 9.79. The molecular formula is C66H86N10O10. The minimum atomic E-state index is -2.01. The molecule has 4 aromatic rings. The highest BCUT2D eigenvalue weighted by Gasteiger charge is 2.74. The van der Waals surface area contributed by atoms with Crippen molar-refractivity contribution in [1.29, 1.82) is 0 Å². The molecule has 2 aromatic heterocycles. The van der Waals surface area contributed by atoms with Gasteiger partial charge in [-0.3, -0.25) is 57.8 Å². The smallest absolute Gasteiger partial charge is 0.281 e. The van der Waals surface area contributed by atoms with E-state index >= 15 is 0 Å². The molecule has 6 saturated heterocycles. The van der Waals surface area contributed by atoms with Gasteiger partial charge in [-0.25, -0.2) is 0 Å². The number of H-pyrrole nitrogens is 2. The molecule has 10 aliphatic rings. The van der Waals surface area contributed by atoms with Crippen LogP contribution in [-0.2, 0) is 51.1 Å². The molecule has 10 heterocycles. The fourth-order valence-corrected chi connectivity index (χ4v) is 16.4. The number of nitrogens with zero attached hydrogens (tertiary/aromatic N) is 6. The van der Waals surface area contributed by atoms with Crippen molar-refractivity contribution in [3.63, 3.8) is 0 Å². The molecule has 0 radical (unpaired) electrons. The summed E-state index contributed by atoms with van der Waals surface area (Å²) >= 11 is 0. The van der Waals surface area contributed by atoms with Crippen molar-refractivity contribution in [3.8, 4) is 0 Å². The van der Waals surface area contributed by atoms with Crippen LogP contribution in [0.3, 0.4) is 0 Å². The van der Waals surface area contributed by atoms with E-state index in [-0.39, 0.29) is 41.6 Å². The molecule has 0 saturated carbocycles. The molecule has 6 N–H and O–H groups in total. The Morgan fingerprint density at radius 3 is 1.53 bits per heavy atom. The third-order valence-electron chi connectivity index (χ3n) is 21.3. The van der Waals surface area contributed by atoms with E-state index in [0.29, 0.717) is 64.2 Å². The number of aliphatic hydroxyl groups is 2. The maximum Gasteiger partial charge on any atom is 0.281 e. The number of amides is 6. The molecule has 86 heavy (non-hydrogen) atoms. The van der Waals surface area contributed by atoms with Gasteiger partial charge in [-0.15, -0.1) is 0 Å². The number of aromatic nitrogens is 2. The van der Waals surface area contributed by atoms with Gasteiger partial charge in [0.1, 0.15) is 24.2 Å². The van der Waals surface area contributed by atoms with Crippen LogP contribution in [0.25, 0.3) is 33.0 Å². The molecule has 0 spiro atoms. The average molecular weight is 1180 g/mol. The molecule has 6 fully saturated rings. The SMILES string of the molecule is CC(C)CC[C@@H]1C(=O)N2CCC[C@@H]2[C@@]2(O)O[C@@](NC(=O)[C@H]3C=C4c5cccc6[nH]cc(c56)C[C@@H]4N(C)C3)(C(C)C)C(=O)N12.CCC(C)C[C@@H]1C(=O)N2CCC[C@@H]2[C@@]2(O)O[C@@](NC(=O)[C@H]3C=C4c5cccc6[nH]cc(c56)C[C@@H]4N(C)C3)(C(C)C)C(=O)N12. The topological polar surface area (TPSA) is 236 Å². The van der Waals surface area contributed by atoms with Gasteiger partial charge < -0.3 is 40.6 Å². The summed E-state index contributed by atoms with van der Waals surface area (Å²) in [6.45, 7) is 17.5. The van der Waals surface area contributed by atoms with Crippen molar-refractivity contribution in [2.24, 2.45) is 35.5 Å². The van der Waals surface area contributed by atoms with Gasteiger partial charge in [-0.05, 0) is 129 Å². The molecule has 20 heteroatoms. The number of ether oxygens (including phenoxy) is 2. The van der Waals surface area contributed by atoms with E-state index in [2.05, 4.69) is 80.9 Å². The minimum Gasteiger partial charge on any atom is -0.361 e. The number of piperazine rings is 2. The number of aromatic amines is 2. The van der Waals surface area contributed by atoms with Crippen LogP contribution in [0.15, 0.2) is 60.9 Å². The number of benzene rings is 2. The molecule has 13 atom stereocenters. The lowest BCUT2D eigenvalue weighted by molar-refractivity contribution is -0.322. The largest absolute Gasteiger partial charge is 0.361 e. The molecule has 8 aliphatic heterocycles. The Kier molecular flexibility index (Phi) is 14.4. The van der Waals surface area contributed by atoms with Crippen molar-refractivity contribution in [1.82, 2.24) is 50.0 Å². The van der Waals surface area contributed by atoms with Crippen LogP contribution in [0.4, 0.5) is 0 Å². The van der Waals surface area contributed by atoms with Crippen molar-refractivity contribution in [2.75, 3.05) is 40.3 Å². The second kappa shape index (κ2) is 21.1. The normalized spacial score (nSPS) is 34.0. The maximum absolute atomic E-state index is 14.5. The fraction of sp³-hybridized carbons (Fsp3) is 0.606. The fourth-order valence-electron chi connectivity index (χ4n) is 16.4. The minimum absolute atomic E-state index is 0.143. The second-order valence-electron chi connectivity index (χ2n) is 27.6. The number of nitrogens with one attached hydrogen (secondary N) is 4. The molecule has 1 unspecified atom stereocenters. The Morgan fingerprint density at radius 2 is 1.10 bits per heavy atom. The third kappa shape index (κ3) is 8.71. The molecule has 0 bridgehead atoms. The van der Waals surface area contributed by atoms with E-state index in [9.17, 15) is 39.0 Å². The van der Waals surface area contributed by atoms with Crippen LogP contribution in [0.2, 0.25) is 0 Å². The lowest BCUT2D eigenvalue weighted by Gasteiger charge is -2.49. The lowest BCUT2D eigenvalue weighted by Crippen LogP contribution is -2.71. The summed E-state index contributed by atoms with van der Waals surface area (Å²) < 4.78 is 12.9. The summed E-state index contributed by atoms with van der Waals surface area (Å²) in [4.78, 5) is 102. The quantitative estimate of drug-likeness (QED) is 0.101. The van der Waals surface area contributed by atoms with E-state index in [4.69, 9.17) is 9.47 Å². The predicted molar refractivity (Wildman–Crippen MR) is 322 cm³/mol. The van der Waals surface area contributed by atoms with Crippen LogP contribution in [0.5, 0.6) is 0 Å². The molecular weight excluding hydrogens is 1090 g/mol. The zero-order chi connectivity index (χ0) is 60.8. The first-order chi connectivity index (χ1) is 41.0. The van der Waals surface area contributed by atoms with Gasteiger partial charge >= 0.3 is 0 Å². The highest BCUT2D eigenvalue weighted by Crippen LogP contribution is 2.51. The summed E-state index contributed by atoms with van der Waals surface area (Å²) in [5.74, 6) is -7.63. The Balaban J connectivity index is 0.000000160. The van der Waals surface area contributed by atoms with E-state index in [1.807, 2.05) is 79.9 Å². The molecule has 460 valence electrons. The number of hydrogen-bond donors (Lipinski definition) is 6. The molecule has 20 nitrogen and oxygen atoms in total. The van der Waals surface area contributed by atoms with Crippen LogP contribution in [0, 0.1) is 35.5 Å². The van der Waals surface area contributed by atoms with Crippen LogP contribution < -0.4 is 10.6 Å². The number of carbonyl (C=O) groups is 6. The highest BCUT2D eigenvalue weighted by molar-refractivity contribution is 6.03. The van der Waals surface area contributed by atoms with E-state index in [1.54, 1.807) is 9.80 Å². The van der Waals surface area contributed by atoms with E-state index < -0.39 is 82.9 Å².